The number of aromatic nitrogens is 4. The topological polar surface area (TPSA) is 70.7 Å². The van der Waals surface area contributed by atoms with Gasteiger partial charge in [0.25, 0.3) is 0 Å². The maximum absolute atomic E-state index is 5.93. The zero-order chi connectivity index (χ0) is 17.9. The minimum atomic E-state index is 0.00335. The Labute approximate surface area is 164 Å². The fourth-order valence-corrected chi connectivity index (χ4v) is 4.61. The molecule has 26 heavy (non-hydrogen) atoms. The van der Waals surface area contributed by atoms with Gasteiger partial charge in [-0.3, -0.25) is 0 Å². The van der Waals surface area contributed by atoms with Gasteiger partial charge in [0.15, 0.2) is 10.4 Å². The monoisotopic (exact) mass is 402 g/mol. The lowest BCUT2D eigenvalue weighted by Crippen LogP contribution is -2.55. The third-order valence-corrected chi connectivity index (χ3v) is 6.32. The first kappa shape index (κ1) is 17.5. The number of rotatable bonds is 6. The van der Waals surface area contributed by atoms with E-state index < -0.39 is 0 Å². The summed E-state index contributed by atoms with van der Waals surface area (Å²) in [6, 6.07) is 18.2. The van der Waals surface area contributed by atoms with Crippen LogP contribution in [0, 0.1) is 0 Å². The molecule has 2 heterocycles. The summed E-state index contributed by atoms with van der Waals surface area (Å²) in [5.74, 6) is 1.65. The molecule has 4 aromatic rings. The number of nitrogens with zero attached hydrogens (tertiary/aromatic N) is 4. The van der Waals surface area contributed by atoms with Gasteiger partial charge in [0.1, 0.15) is 0 Å². The molecule has 0 aliphatic rings. The van der Waals surface area contributed by atoms with Gasteiger partial charge in [-0.2, -0.15) is 4.52 Å². The van der Waals surface area contributed by atoms with Crippen LogP contribution < -0.4 is 5.73 Å². The number of halogens is 1. The zero-order valence-corrected chi connectivity index (χ0v) is 16.3. The molecule has 0 saturated carbocycles. The lowest BCUT2D eigenvalue weighted by molar-refractivity contribution is -0.428. The standard InChI is InChI=1S/C18H16ClN5S2/c19-14-8-6-13(7-9-14)11-25-18-23-24-16(21-22-17(24)26-18)15(20)10-12-4-2-1-3-5-12/h1-9,15H,10-11,20H2/p+1/t15-/m0/s1. The van der Waals surface area contributed by atoms with E-state index in [9.17, 15) is 0 Å². The molecule has 0 amide bonds. The van der Waals surface area contributed by atoms with Crippen molar-refractivity contribution in [1.29, 1.82) is 0 Å². The quantitative estimate of drug-likeness (QED) is 0.499. The Kier molecular flexibility index (Phi) is 5.21. The van der Waals surface area contributed by atoms with Crippen LogP contribution in [-0.2, 0) is 12.2 Å². The molecule has 0 bridgehead atoms. The van der Waals surface area contributed by atoms with Gasteiger partial charge in [0.05, 0.1) is 0 Å². The Morgan fingerprint density at radius 2 is 1.81 bits per heavy atom. The Morgan fingerprint density at radius 3 is 2.58 bits per heavy atom. The van der Waals surface area contributed by atoms with Gasteiger partial charge in [0, 0.05) is 17.2 Å². The number of hydrogen-bond acceptors (Lipinski definition) is 5. The van der Waals surface area contributed by atoms with Crippen LogP contribution in [0.1, 0.15) is 23.0 Å². The second kappa shape index (κ2) is 7.75. The Morgan fingerprint density at radius 1 is 1.04 bits per heavy atom. The molecule has 0 saturated heterocycles. The molecule has 0 aliphatic carbocycles. The van der Waals surface area contributed by atoms with Crippen molar-refractivity contribution < 1.29 is 5.73 Å². The van der Waals surface area contributed by atoms with E-state index in [4.69, 9.17) is 11.6 Å². The van der Waals surface area contributed by atoms with Crippen LogP contribution in [0.4, 0.5) is 0 Å². The van der Waals surface area contributed by atoms with Crippen LogP contribution in [0.25, 0.3) is 4.96 Å². The SMILES string of the molecule is [NH3+][C@@H](Cc1ccccc1)c1nnc2sc(SCc3ccc(Cl)cc3)nn12. The van der Waals surface area contributed by atoms with E-state index in [-0.39, 0.29) is 6.04 Å². The predicted molar refractivity (Wildman–Crippen MR) is 105 cm³/mol. The van der Waals surface area contributed by atoms with Gasteiger partial charge in [-0.05, 0) is 23.3 Å². The molecule has 5 nitrogen and oxygen atoms in total. The molecule has 0 fully saturated rings. The van der Waals surface area contributed by atoms with Crippen LogP contribution in [0.15, 0.2) is 58.9 Å². The first-order valence-corrected chi connectivity index (χ1v) is 10.3. The molecule has 2 aromatic carbocycles. The van der Waals surface area contributed by atoms with Crippen molar-refractivity contribution in [2.24, 2.45) is 0 Å². The Bertz CT molecular complexity index is 998. The molecule has 8 heteroatoms. The fourth-order valence-electron chi connectivity index (χ4n) is 2.64. The molecular weight excluding hydrogens is 386 g/mol. The molecule has 2 aromatic heterocycles. The maximum atomic E-state index is 5.93. The molecule has 132 valence electrons. The highest BCUT2D eigenvalue weighted by Crippen LogP contribution is 2.28. The van der Waals surface area contributed by atoms with Gasteiger partial charge in [0.2, 0.25) is 10.8 Å². The van der Waals surface area contributed by atoms with Gasteiger partial charge < -0.3 is 5.73 Å². The van der Waals surface area contributed by atoms with Crippen molar-refractivity contribution >= 4 is 39.7 Å². The van der Waals surface area contributed by atoms with E-state index in [0.29, 0.717) is 0 Å². The molecule has 0 radical (unpaired) electrons. The first-order valence-electron chi connectivity index (χ1n) is 8.15. The minimum Gasteiger partial charge on any atom is -0.348 e. The average Bonchev–Trinajstić information content (AvgIpc) is 3.22. The lowest BCUT2D eigenvalue weighted by Gasteiger charge is -2.05. The number of quaternary nitrogens is 1. The summed E-state index contributed by atoms with van der Waals surface area (Å²) in [7, 11) is 0. The molecule has 3 N–H and O–H groups in total. The minimum absolute atomic E-state index is 0.00335. The molecule has 4 rings (SSSR count). The largest absolute Gasteiger partial charge is 0.348 e. The van der Waals surface area contributed by atoms with Gasteiger partial charge in [-0.15, -0.1) is 15.3 Å². The highest BCUT2D eigenvalue weighted by Gasteiger charge is 2.21. The number of fused-ring (bicyclic) bond motifs is 1. The third kappa shape index (κ3) is 3.91. The van der Waals surface area contributed by atoms with E-state index in [2.05, 4.69) is 33.2 Å². The number of benzene rings is 2. The van der Waals surface area contributed by atoms with Crippen LogP contribution >= 0.6 is 34.7 Å². The van der Waals surface area contributed by atoms with E-state index in [1.807, 2.05) is 47.0 Å². The summed E-state index contributed by atoms with van der Waals surface area (Å²) in [4.78, 5) is 0.806. The molecule has 0 unspecified atom stereocenters. The van der Waals surface area contributed by atoms with Crippen molar-refractivity contribution in [3.63, 3.8) is 0 Å². The van der Waals surface area contributed by atoms with E-state index >= 15 is 0 Å². The number of thioether (sulfide) groups is 1. The molecule has 1 atom stereocenters. The smallest absolute Gasteiger partial charge is 0.235 e. The summed E-state index contributed by atoms with van der Waals surface area (Å²) in [5, 5.41) is 14.0. The van der Waals surface area contributed by atoms with Gasteiger partial charge in [-0.1, -0.05) is 77.2 Å². The van der Waals surface area contributed by atoms with Crippen LogP contribution in [0.3, 0.4) is 0 Å². The van der Waals surface area contributed by atoms with E-state index in [0.717, 1.165) is 32.3 Å². The van der Waals surface area contributed by atoms with Crippen molar-refractivity contribution in [2.75, 3.05) is 0 Å². The van der Waals surface area contributed by atoms with E-state index in [1.54, 1.807) is 23.1 Å². The molecular formula is C18H17ClN5S2+. The average molecular weight is 403 g/mol. The summed E-state index contributed by atoms with van der Waals surface area (Å²) >= 11 is 9.17. The normalized spacial score (nSPS) is 12.5. The summed E-state index contributed by atoms with van der Waals surface area (Å²) in [6.07, 6.45) is 0.812. The highest BCUT2D eigenvalue weighted by atomic mass is 35.5. The van der Waals surface area contributed by atoms with Crippen molar-refractivity contribution in [3.8, 4) is 0 Å². The predicted octanol–water partition coefficient (Wildman–Crippen LogP) is 3.66. The highest BCUT2D eigenvalue weighted by molar-refractivity contribution is 8.00. The second-order valence-corrected chi connectivity index (χ2v) is 8.54. The van der Waals surface area contributed by atoms with Crippen molar-refractivity contribution in [1.82, 2.24) is 19.8 Å². The third-order valence-electron chi connectivity index (χ3n) is 3.96. The van der Waals surface area contributed by atoms with Gasteiger partial charge >= 0.3 is 0 Å². The molecule has 0 spiro atoms. The van der Waals surface area contributed by atoms with Crippen LogP contribution in [-0.4, -0.2) is 19.8 Å². The molecule has 0 aliphatic heterocycles. The fraction of sp³-hybridized carbons (Fsp3) is 0.167. The second-order valence-electron chi connectivity index (χ2n) is 5.92. The Balaban J connectivity index is 1.48. The Hall–Kier alpha value is -1.93. The lowest BCUT2D eigenvalue weighted by atomic mass is 10.1. The zero-order valence-electron chi connectivity index (χ0n) is 13.9. The summed E-state index contributed by atoms with van der Waals surface area (Å²) in [6.45, 7) is 0. The van der Waals surface area contributed by atoms with E-state index in [1.165, 1.54) is 11.1 Å². The summed E-state index contributed by atoms with van der Waals surface area (Å²) in [5.41, 5.74) is 6.70. The maximum Gasteiger partial charge on any atom is 0.235 e. The summed E-state index contributed by atoms with van der Waals surface area (Å²) < 4.78 is 2.80. The van der Waals surface area contributed by atoms with Gasteiger partial charge in [-0.25, -0.2) is 0 Å². The van der Waals surface area contributed by atoms with Crippen molar-refractivity contribution in [3.05, 3.63) is 76.6 Å². The van der Waals surface area contributed by atoms with Crippen LogP contribution in [0.2, 0.25) is 5.02 Å². The van der Waals surface area contributed by atoms with Crippen LogP contribution in [0.5, 0.6) is 0 Å². The van der Waals surface area contributed by atoms with Crippen molar-refractivity contribution in [2.45, 2.75) is 22.6 Å². The number of hydrogen-bond donors (Lipinski definition) is 1. The first-order chi connectivity index (χ1) is 12.7.